The molecule has 0 bridgehead atoms. The van der Waals surface area contributed by atoms with E-state index >= 15 is 0 Å². The maximum absolute atomic E-state index is 12.2. The molecular weight excluding hydrogens is 290 g/mol. The van der Waals surface area contributed by atoms with Gasteiger partial charge in [0.05, 0.1) is 6.33 Å². The maximum atomic E-state index is 12.2. The van der Waals surface area contributed by atoms with Crippen LogP contribution in [-0.2, 0) is 16.8 Å². The van der Waals surface area contributed by atoms with Crippen molar-refractivity contribution in [2.45, 2.75) is 45.8 Å². The predicted molar refractivity (Wildman–Crippen MR) is 84.1 cm³/mol. The van der Waals surface area contributed by atoms with Crippen LogP contribution in [0.3, 0.4) is 0 Å². The van der Waals surface area contributed by atoms with Gasteiger partial charge in [-0.3, -0.25) is 0 Å². The van der Waals surface area contributed by atoms with Gasteiger partial charge in [-0.25, -0.2) is 4.98 Å². The van der Waals surface area contributed by atoms with Crippen molar-refractivity contribution in [1.82, 2.24) is 23.9 Å². The Balaban J connectivity index is 2.37. The Morgan fingerprint density at radius 2 is 2.05 bits per heavy atom. The number of nitrogens with one attached hydrogen (secondary N) is 2. The fourth-order valence-electron chi connectivity index (χ4n) is 1.91. The molecule has 0 saturated carbocycles. The van der Waals surface area contributed by atoms with E-state index in [1.54, 1.807) is 19.6 Å². The Hall–Kier alpha value is -0.960. The van der Waals surface area contributed by atoms with Crippen molar-refractivity contribution in [2.24, 2.45) is 0 Å². The highest BCUT2D eigenvalue weighted by molar-refractivity contribution is 7.87. The minimum Gasteiger partial charge on any atom is -0.336 e. The van der Waals surface area contributed by atoms with Gasteiger partial charge in [-0.15, -0.1) is 0 Å². The second-order valence-corrected chi connectivity index (χ2v) is 7.38. The molecule has 0 saturated heterocycles. The number of rotatable bonds is 10. The number of hydrogen-bond donors (Lipinski definition) is 2. The van der Waals surface area contributed by atoms with Crippen LogP contribution in [0.15, 0.2) is 18.7 Å². The van der Waals surface area contributed by atoms with Crippen LogP contribution in [0.25, 0.3) is 0 Å². The molecule has 1 aromatic heterocycles. The van der Waals surface area contributed by atoms with Gasteiger partial charge in [-0.2, -0.15) is 17.4 Å². The third kappa shape index (κ3) is 7.03. The van der Waals surface area contributed by atoms with Crippen molar-refractivity contribution in [2.75, 3.05) is 20.1 Å². The topological polar surface area (TPSA) is 79.3 Å². The van der Waals surface area contributed by atoms with Crippen LogP contribution in [0, 0.1) is 0 Å². The Labute approximate surface area is 127 Å². The highest BCUT2D eigenvalue weighted by Gasteiger charge is 2.19. The summed E-state index contributed by atoms with van der Waals surface area (Å²) < 4.78 is 30.2. The van der Waals surface area contributed by atoms with Crippen molar-refractivity contribution in [3.8, 4) is 0 Å². The van der Waals surface area contributed by atoms with Gasteiger partial charge in [0.2, 0.25) is 0 Å². The second kappa shape index (κ2) is 8.47. The summed E-state index contributed by atoms with van der Waals surface area (Å²) in [6, 6.07) is 0.223. The molecule has 1 heterocycles. The van der Waals surface area contributed by atoms with Crippen LogP contribution >= 0.6 is 0 Å². The molecular formula is C13H27N5O2S. The molecule has 1 atom stereocenters. The molecule has 0 aliphatic rings. The molecule has 1 rings (SSSR count). The standard InChI is InChI=1S/C13H27N5O2S/c1-12(2)15-6-5-8-17(4)21(19,20)16-13(3)10-18-9-7-14-11-18/h7,9,11-13,15-16H,5-6,8,10H2,1-4H3. The fourth-order valence-corrected chi connectivity index (χ4v) is 3.04. The molecule has 7 nitrogen and oxygen atoms in total. The molecule has 0 amide bonds. The predicted octanol–water partition coefficient (Wildman–Crippen LogP) is 0.426. The lowest BCUT2D eigenvalue weighted by atomic mass is 10.3. The molecule has 0 fully saturated rings. The van der Waals surface area contributed by atoms with E-state index in [0.29, 0.717) is 19.1 Å². The Morgan fingerprint density at radius 3 is 2.62 bits per heavy atom. The first-order chi connectivity index (χ1) is 9.81. The van der Waals surface area contributed by atoms with Crippen LogP contribution in [0.5, 0.6) is 0 Å². The van der Waals surface area contributed by atoms with Crippen molar-refractivity contribution in [3.05, 3.63) is 18.7 Å². The molecule has 122 valence electrons. The lowest BCUT2D eigenvalue weighted by Gasteiger charge is -2.21. The maximum Gasteiger partial charge on any atom is 0.279 e. The molecule has 0 radical (unpaired) electrons. The third-order valence-electron chi connectivity index (χ3n) is 3.01. The normalized spacial score (nSPS) is 14.0. The minimum atomic E-state index is -3.44. The van der Waals surface area contributed by atoms with Gasteiger partial charge < -0.3 is 9.88 Å². The van der Waals surface area contributed by atoms with Crippen molar-refractivity contribution < 1.29 is 8.42 Å². The zero-order chi connectivity index (χ0) is 15.9. The summed E-state index contributed by atoms with van der Waals surface area (Å²) in [7, 11) is -1.84. The molecule has 2 N–H and O–H groups in total. The lowest BCUT2D eigenvalue weighted by Crippen LogP contribution is -2.44. The Kier molecular flexibility index (Phi) is 7.30. The average molecular weight is 317 g/mol. The molecule has 1 aromatic rings. The van der Waals surface area contributed by atoms with E-state index in [-0.39, 0.29) is 6.04 Å². The number of aromatic nitrogens is 2. The zero-order valence-corrected chi connectivity index (χ0v) is 14.1. The summed E-state index contributed by atoms with van der Waals surface area (Å²) in [5.41, 5.74) is 0. The summed E-state index contributed by atoms with van der Waals surface area (Å²) in [6.45, 7) is 7.84. The quantitative estimate of drug-likeness (QED) is 0.613. The van der Waals surface area contributed by atoms with E-state index in [9.17, 15) is 8.42 Å². The van der Waals surface area contributed by atoms with Crippen LogP contribution < -0.4 is 10.0 Å². The summed E-state index contributed by atoms with van der Waals surface area (Å²) in [4.78, 5) is 3.94. The largest absolute Gasteiger partial charge is 0.336 e. The molecule has 0 aliphatic carbocycles. The van der Waals surface area contributed by atoms with Crippen LogP contribution in [0.2, 0.25) is 0 Å². The van der Waals surface area contributed by atoms with Gasteiger partial charge in [-0.1, -0.05) is 13.8 Å². The Morgan fingerprint density at radius 1 is 1.33 bits per heavy atom. The van der Waals surface area contributed by atoms with Crippen LogP contribution in [-0.4, -0.2) is 54.5 Å². The van der Waals surface area contributed by atoms with E-state index in [1.807, 2.05) is 17.7 Å². The van der Waals surface area contributed by atoms with E-state index in [0.717, 1.165) is 13.0 Å². The summed E-state index contributed by atoms with van der Waals surface area (Å²) in [6.07, 6.45) is 5.94. The van der Waals surface area contributed by atoms with E-state index in [4.69, 9.17) is 0 Å². The van der Waals surface area contributed by atoms with Gasteiger partial charge in [-0.05, 0) is 19.9 Å². The summed E-state index contributed by atoms with van der Waals surface area (Å²) in [5, 5.41) is 3.27. The first-order valence-corrected chi connectivity index (χ1v) is 8.68. The summed E-state index contributed by atoms with van der Waals surface area (Å²) in [5.74, 6) is 0. The highest BCUT2D eigenvalue weighted by atomic mass is 32.2. The first kappa shape index (κ1) is 18.1. The Bertz CT molecular complexity index is 487. The van der Waals surface area contributed by atoms with Gasteiger partial charge in [0.25, 0.3) is 10.2 Å². The van der Waals surface area contributed by atoms with Crippen LogP contribution in [0.4, 0.5) is 0 Å². The average Bonchev–Trinajstić information content (AvgIpc) is 2.85. The van der Waals surface area contributed by atoms with Gasteiger partial charge in [0, 0.05) is 44.6 Å². The molecule has 0 aromatic carbocycles. The zero-order valence-electron chi connectivity index (χ0n) is 13.3. The number of imidazole rings is 1. The molecule has 21 heavy (non-hydrogen) atoms. The first-order valence-electron chi connectivity index (χ1n) is 7.24. The van der Waals surface area contributed by atoms with Crippen molar-refractivity contribution in [3.63, 3.8) is 0 Å². The SMILES string of the molecule is CC(C)NCCCN(C)S(=O)(=O)NC(C)Cn1ccnc1. The molecule has 8 heteroatoms. The monoisotopic (exact) mass is 317 g/mol. The second-order valence-electron chi connectivity index (χ2n) is 5.57. The number of hydrogen-bond acceptors (Lipinski definition) is 4. The van der Waals surface area contributed by atoms with Crippen molar-refractivity contribution >= 4 is 10.2 Å². The highest BCUT2D eigenvalue weighted by Crippen LogP contribution is 2.00. The summed E-state index contributed by atoms with van der Waals surface area (Å²) >= 11 is 0. The minimum absolute atomic E-state index is 0.194. The van der Waals surface area contributed by atoms with Gasteiger partial charge in [0.1, 0.15) is 0 Å². The van der Waals surface area contributed by atoms with E-state index < -0.39 is 10.2 Å². The molecule has 0 aliphatic heterocycles. The molecule has 1 unspecified atom stereocenters. The third-order valence-corrected chi connectivity index (χ3v) is 4.71. The van der Waals surface area contributed by atoms with E-state index in [2.05, 4.69) is 28.9 Å². The lowest BCUT2D eigenvalue weighted by molar-refractivity contribution is 0.426. The smallest absolute Gasteiger partial charge is 0.279 e. The van der Waals surface area contributed by atoms with E-state index in [1.165, 1.54) is 4.31 Å². The number of nitrogens with zero attached hydrogens (tertiary/aromatic N) is 3. The van der Waals surface area contributed by atoms with Crippen molar-refractivity contribution in [1.29, 1.82) is 0 Å². The molecule has 0 spiro atoms. The van der Waals surface area contributed by atoms with Gasteiger partial charge in [0.15, 0.2) is 0 Å². The van der Waals surface area contributed by atoms with Gasteiger partial charge >= 0.3 is 0 Å². The fraction of sp³-hybridized carbons (Fsp3) is 0.769. The van der Waals surface area contributed by atoms with Crippen LogP contribution in [0.1, 0.15) is 27.2 Å².